The van der Waals surface area contributed by atoms with E-state index in [2.05, 4.69) is 30.5 Å². The van der Waals surface area contributed by atoms with Gasteiger partial charge in [0, 0.05) is 31.4 Å². The number of esters is 2. The monoisotopic (exact) mass is 530 g/mol. The zero-order valence-electron chi connectivity index (χ0n) is 24.4. The van der Waals surface area contributed by atoms with Crippen molar-refractivity contribution in [1.29, 1.82) is 0 Å². The van der Waals surface area contributed by atoms with Gasteiger partial charge in [0.15, 0.2) is 12.4 Å². The van der Waals surface area contributed by atoms with Crippen molar-refractivity contribution in [2.24, 2.45) is 0 Å². The van der Waals surface area contributed by atoms with Crippen LogP contribution in [0.3, 0.4) is 0 Å². The summed E-state index contributed by atoms with van der Waals surface area (Å²) in [4.78, 5) is 23.9. The number of aryl methyl sites for hydroxylation is 1. The van der Waals surface area contributed by atoms with E-state index in [0.717, 1.165) is 45.1 Å². The lowest BCUT2D eigenvalue weighted by Gasteiger charge is -2.09. The normalized spacial score (nSPS) is 10.9. The average Bonchev–Trinajstić information content (AvgIpc) is 2.93. The maximum absolute atomic E-state index is 11.9. The second kappa shape index (κ2) is 25.1. The van der Waals surface area contributed by atoms with E-state index < -0.39 is 0 Å². The van der Waals surface area contributed by atoms with E-state index in [-0.39, 0.29) is 25.2 Å². The van der Waals surface area contributed by atoms with Gasteiger partial charge >= 0.3 is 11.9 Å². The minimum atomic E-state index is -0.204. The van der Waals surface area contributed by atoms with Crippen LogP contribution in [-0.2, 0) is 25.6 Å². The van der Waals surface area contributed by atoms with Crippen LogP contribution >= 0.6 is 0 Å². The maximum atomic E-state index is 11.9. The average molecular weight is 531 g/mol. The van der Waals surface area contributed by atoms with Crippen molar-refractivity contribution in [1.82, 2.24) is 0 Å². The van der Waals surface area contributed by atoms with Gasteiger partial charge in [-0.3, -0.25) is 9.59 Å². The van der Waals surface area contributed by atoms with Gasteiger partial charge in [0.2, 0.25) is 0 Å². The highest BCUT2D eigenvalue weighted by molar-refractivity contribution is 5.70. The molecule has 0 saturated carbocycles. The van der Waals surface area contributed by atoms with Crippen molar-refractivity contribution in [3.8, 4) is 0 Å². The summed E-state index contributed by atoms with van der Waals surface area (Å²) in [5.74, 6) is -0.393. The molecule has 1 rings (SSSR count). The van der Waals surface area contributed by atoms with Crippen LogP contribution in [0, 0.1) is 0 Å². The summed E-state index contributed by atoms with van der Waals surface area (Å²) < 4.78 is 12.7. The van der Waals surface area contributed by atoms with E-state index in [1.54, 1.807) is 0 Å². The zero-order chi connectivity index (χ0) is 27.5. The number of pyridine rings is 1. The zero-order valence-corrected chi connectivity index (χ0v) is 24.4. The molecule has 0 unspecified atom stereocenters. The molecule has 1 heterocycles. The Labute approximate surface area is 233 Å². The van der Waals surface area contributed by atoms with Crippen molar-refractivity contribution in [3.05, 3.63) is 42.7 Å². The number of carbonyl (C=O) groups excluding carboxylic acids is 2. The fourth-order valence-electron chi connectivity index (χ4n) is 4.52. The van der Waals surface area contributed by atoms with Gasteiger partial charge in [0.25, 0.3) is 0 Å². The third kappa shape index (κ3) is 21.9. The van der Waals surface area contributed by atoms with E-state index in [1.165, 1.54) is 77.0 Å². The van der Waals surface area contributed by atoms with Crippen LogP contribution in [0.5, 0.6) is 0 Å². The van der Waals surface area contributed by atoms with Crippen LogP contribution < -0.4 is 4.57 Å². The Morgan fingerprint density at radius 3 is 1.42 bits per heavy atom. The third-order valence-corrected chi connectivity index (χ3v) is 6.93. The molecule has 0 radical (unpaired) electrons. The SMILES string of the molecule is C=C(COC(=O)CCCCCCCCCCCCCCC)COC(=O)CCCCCCC[n+]1ccccc1. The Kier molecular flexibility index (Phi) is 22.4. The lowest BCUT2D eigenvalue weighted by atomic mass is 10.0. The fraction of sp³-hybridized carbons (Fsp3) is 0.727. The lowest BCUT2D eigenvalue weighted by molar-refractivity contribution is -0.697. The Morgan fingerprint density at radius 2 is 0.974 bits per heavy atom. The van der Waals surface area contributed by atoms with Crippen molar-refractivity contribution in [2.75, 3.05) is 13.2 Å². The molecule has 0 amide bonds. The number of hydrogen-bond donors (Lipinski definition) is 0. The van der Waals surface area contributed by atoms with Crippen LogP contribution in [0.4, 0.5) is 0 Å². The van der Waals surface area contributed by atoms with Crippen LogP contribution in [-0.4, -0.2) is 25.2 Å². The predicted molar refractivity (Wildman–Crippen MR) is 156 cm³/mol. The number of rotatable bonds is 26. The molecule has 5 nitrogen and oxygen atoms in total. The summed E-state index contributed by atoms with van der Waals surface area (Å²) in [6.07, 6.45) is 27.1. The van der Waals surface area contributed by atoms with E-state index in [0.29, 0.717) is 18.4 Å². The number of hydrogen-bond acceptors (Lipinski definition) is 4. The Bertz CT molecular complexity index is 719. The molecule has 0 aromatic carbocycles. The van der Waals surface area contributed by atoms with Gasteiger partial charge in [-0.05, 0) is 24.8 Å². The second-order valence-corrected chi connectivity index (χ2v) is 10.7. The van der Waals surface area contributed by atoms with Crippen LogP contribution in [0.1, 0.15) is 135 Å². The molecule has 0 aliphatic rings. The summed E-state index contributed by atoms with van der Waals surface area (Å²) in [6.45, 7) is 7.42. The van der Waals surface area contributed by atoms with Gasteiger partial charge in [-0.1, -0.05) is 109 Å². The van der Waals surface area contributed by atoms with Crippen LogP contribution in [0.15, 0.2) is 42.7 Å². The quantitative estimate of drug-likeness (QED) is 0.0522. The summed E-state index contributed by atoms with van der Waals surface area (Å²) in [6, 6.07) is 6.12. The largest absolute Gasteiger partial charge is 0.461 e. The van der Waals surface area contributed by atoms with Crippen LogP contribution in [0.2, 0.25) is 0 Å². The number of nitrogens with zero attached hydrogens (tertiary/aromatic N) is 1. The molecule has 0 bridgehead atoms. The Hall–Kier alpha value is -2.17. The van der Waals surface area contributed by atoms with Gasteiger partial charge < -0.3 is 9.47 Å². The van der Waals surface area contributed by atoms with Gasteiger partial charge in [0.05, 0.1) is 0 Å². The molecular formula is C33H56NO4+. The molecule has 0 saturated heterocycles. The van der Waals surface area contributed by atoms with Gasteiger partial charge in [-0.15, -0.1) is 0 Å². The van der Waals surface area contributed by atoms with Gasteiger partial charge in [0.1, 0.15) is 19.8 Å². The molecule has 0 fully saturated rings. The van der Waals surface area contributed by atoms with Crippen molar-refractivity contribution >= 4 is 11.9 Å². The molecule has 216 valence electrons. The lowest BCUT2D eigenvalue weighted by Crippen LogP contribution is -2.32. The molecular weight excluding hydrogens is 474 g/mol. The molecule has 1 aromatic heterocycles. The predicted octanol–water partition coefficient (Wildman–Crippen LogP) is 8.44. The highest BCUT2D eigenvalue weighted by atomic mass is 16.5. The Morgan fingerprint density at radius 1 is 0.579 bits per heavy atom. The summed E-state index contributed by atoms with van der Waals surface area (Å²) >= 11 is 0. The van der Waals surface area contributed by atoms with Crippen molar-refractivity contribution < 1.29 is 23.6 Å². The number of aromatic nitrogens is 1. The first-order chi connectivity index (χ1) is 18.6. The van der Waals surface area contributed by atoms with E-state index in [9.17, 15) is 9.59 Å². The first-order valence-electron chi connectivity index (χ1n) is 15.5. The minimum absolute atomic E-state index is 0.124. The topological polar surface area (TPSA) is 56.5 Å². The summed E-state index contributed by atoms with van der Waals surface area (Å²) in [5, 5.41) is 0. The highest BCUT2D eigenvalue weighted by Crippen LogP contribution is 2.13. The molecule has 0 atom stereocenters. The van der Waals surface area contributed by atoms with E-state index in [4.69, 9.17) is 9.47 Å². The fourth-order valence-corrected chi connectivity index (χ4v) is 4.52. The molecule has 0 N–H and O–H groups in total. The summed E-state index contributed by atoms with van der Waals surface area (Å²) in [7, 11) is 0. The molecule has 0 aliphatic carbocycles. The number of unbranched alkanes of at least 4 members (excludes halogenated alkanes) is 16. The minimum Gasteiger partial charge on any atom is -0.461 e. The van der Waals surface area contributed by atoms with Gasteiger partial charge in [-0.25, -0.2) is 4.57 Å². The smallest absolute Gasteiger partial charge is 0.306 e. The van der Waals surface area contributed by atoms with Crippen molar-refractivity contribution in [3.63, 3.8) is 0 Å². The van der Waals surface area contributed by atoms with E-state index >= 15 is 0 Å². The van der Waals surface area contributed by atoms with Crippen LogP contribution in [0.25, 0.3) is 0 Å². The highest BCUT2D eigenvalue weighted by Gasteiger charge is 2.07. The standard InChI is InChI=1S/C33H56NO4/c1-3-4-5-6-7-8-9-10-11-12-13-15-19-24-32(35)37-29-31(2)30-38-33(36)25-20-16-14-17-21-26-34-27-22-18-23-28-34/h18,22-23,27-28H,2-17,19-21,24-26,29-30H2,1H3/q+1. The number of carbonyl (C=O) groups is 2. The van der Waals surface area contributed by atoms with Gasteiger partial charge in [-0.2, -0.15) is 0 Å². The molecule has 0 aliphatic heterocycles. The third-order valence-electron chi connectivity index (χ3n) is 6.93. The first kappa shape index (κ1) is 33.9. The number of ether oxygens (including phenoxy) is 2. The maximum Gasteiger partial charge on any atom is 0.306 e. The second-order valence-electron chi connectivity index (χ2n) is 10.7. The molecule has 0 spiro atoms. The molecule has 5 heteroatoms. The first-order valence-corrected chi connectivity index (χ1v) is 15.5. The summed E-state index contributed by atoms with van der Waals surface area (Å²) in [5.41, 5.74) is 0.621. The van der Waals surface area contributed by atoms with Crippen molar-refractivity contribution in [2.45, 2.75) is 142 Å². The Balaban J connectivity index is 1.85. The van der Waals surface area contributed by atoms with E-state index in [1.807, 2.05) is 18.2 Å². The molecule has 1 aromatic rings. The molecule has 38 heavy (non-hydrogen) atoms.